The van der Waals surface area contributed by atoms with E-state index in [0.717, 1.165) is 25.4 Å². The van der Waals surface area contributed by atoms with Crippen molar-refractivity contribution in [3.8, 4) is 0 Å². The van der Waals surface area contributed by atoms with E-state index in [1.807, 2.05) is 0 Å². The highest BCUT2D eigenvalue weighted by molar-refractivity contribution is 6.77. The Hall–Kier alpha value is 0.137. The summed E-state index contributed by atoms with van der Waals surface area (Å²) in [6.45, 7) is 12.3. The van der Waals surface area contributed by atoms with Crippen LogP contribution >= 0.6 is 0 Å². The highest BCUT2D eigenvalue weighted by Gasteiger charge is 2.25. The third kappa shape index (κ3) is 4.66. The molecule has 2 nitrogen and oxygen atoms in total. The second-order valence-corrected chi connectivity index (χ2v) is 11.2. The summed E-state index contributed by atoms with van der Waals surface area (Å²) < 4.78 is 11.0. The number of rotatable bonds is 7. The molecule has 2 unspecified atom stereocenters. The van der Waals surface area contributed by atoms with Crippen LogP contribution in [-0.2, 0) is 9.47 Å². The van der Waals surface area contributed by atoms with Gasteiger partial charge in [0.2, 0.25) is 0 Å². The Kier molecular flexibility index (Phi) is 5.30. The molecule has 0 amide bonds. The van der Waals surface area contributed by atoms with Crippen LogP contribution in [0.2, 0.25) is 25.2 Å². The number of hydrogen-bond donors (Lipinski definition) is 0. The van der Waals surface area contributed by atoms with E-state index in [0.29, 0.717) is 6.10 Å². The molecule has 0 spiro atoms. The molecule has 1 saturated heterocycles. The molecule has 0 aromatic carbocycles. The predicted octanol–water partition coefficient (Wildman–Crippen LogP) is 3.30. The molecule has 2 atom stereocenters. The quantitative estimate of drug-likeness (QED) is 0.493. The van der Waals surface area contributed by atoms with Gasteiger partial charge in [-0.2, -0.15) is 0 Å². The summed E-state index contributed by atoms with van der Waals surface area (Å²) in [7, 11) is -0.969. The molecule has 0 N–H and O–H groups in total. The lowest BCUT2D eigenvalue weighted by Crippen LogP contribution is -2.32. The minimum Gasteiger partial charge on any atom is -0.379 e. The zero-order valence-corrected chi connectivity index (χ0v) is 11.7. The minimum atomic E-state index is -0.969. The van der Waals surface area contributed by atoms with Crippen LogP contribution in [-0.4, -0.2) is 34.0 Å². The first-order chi connectivity index (χ1) is 7.04. The van der Waals surface area contributed by atoms with Crippen molar-refractivity contribution in [3.63, 3.8) is 0 Å². The zero-order chi connectivity index (χ0) is 11.3. The van der Waals surface area contributed by atoms with Crippen LogP contribution in [0, 0.1) is 0 Å². The molecule has 1 aliphatic heterocycles. The smallest absolute Gasteiger partial charge is 0.0830 e. The van der Waals surface area contributed by atoms with Crippen molar-refractivity contribution in [2.45, 2.75) is 57.5 Å². The Balaban J connectivity index is 2.06. The van der Waals surface area contributed by atoms with Gasteiger partial charge in [-0.3, -0.25) is 0 Å². The molecular formula is C12H26O2Si. The lowest BCUT2D eigenvalue weighted by molar-refractivity contribution is -0.0939. The van der Waals surface area contributed by atoms with Gasteiger partial charge in [0.1, 0.15) is 0 Å². The van der Waals surface area contributed by atoms with Gasteiger partial charge in [-0.1, -0.05) is 33.0 Å². The zero-order valence-electron chi connectivity index (χ0n) is 10.7. The standard InChI is InChI=1S/C12H26O2Si/c1-5-12(15(2,3)4)7-8-13-10-11-6-9-14-11/h11-12H,5-10H2,1-4H3. The van der Waals surface area contributed by atoms with Crippen LogP contribution < -0.4 is 0 Å². The molecule has 1 heterocycles. The fraction of sp³-hybridized carbons (Fsp3) is 1.00. The first-order valence-corrected chi connectivity index (χ1v) is 9.81. The van der Waals surface area contributed by atoms with Gasteiger partial charge in [0.25, 0.3) is 0 Å². The van der Waals surface area contributed by atoms with E-state index in [9.17, 15) is 0 Å². The first kappa shape index (κ1) is 13.2. The first-order valence-electron chi connectivity index (χ1n) is 6.23. The fourth-order valence-electron chi connectivity index (χ4n) is 2.11. The van der Waals surface area contributed by atoms with E-state index >= 15 is 0 Å². The summed E-state index contributed by atoms with van der Waals surface area (Å²) in [4.78, 5) is 0. The lowest BCUT2D eigenvalue weighted by atomic mass is 10.2. The maximum atomic E-state index is 5.66. The molecule has 0 aromatic rings. The van der Waals surface area contributed by atoms with Crippen LogP contribution in [0.5, 0.6) is 0 Å². The summed E-state index contributed by atoms with van der Waals surface area (Å²) in [6.07, 6.45) is 4.13. The van der Waals surface area contributed by atoms with Gasteiger partial charge in [-0.15, -0.1) is 0 Å². The van der Waals surface area contributed by atoms with Gasteiger partial charge in [0.15, 0.2) is 0 Å². The summed E-state index contributed by atoms with van der Waals surface area (Å²) >= 11 is 0. The maximum absolute atomic E-state index is 5.66. The van der Waals surface area contributed by atoms with Crippen LogP contribution in [0.25, 0.3) is 0 Å². The van der Waals surface area contributed by atoms with Crippen molar-refractivity contribution in [1.29, 1.82) is 0 Å². The Bertz CT molecular complexity index is 173. The molecule has 3 heteroatoms. The topological polar surface area (TPSA) is 18.5 Å². The summed E-state index contributed by atoms with van der Waals surface area (Å²) in [5.74, 6) is 0. The van der Waals surface area contributed by atoms with Crippen LogP contribution in [0.3, 0.4) is 0 Å². The van der Waals surface area contributed by atoms with Crippen LogP contribution in [0.1, 0.15) is 26.2 Å². The highest BCUT2D eigenvalue weighted by Crippen LogP contribution is 2.28. The molecule has 1 aliphatic rings. The molecule has 0 aliphatic carbocycles. The van der Waals surface area contributed by atoms with Crippen LogP contribution in [0.15, 0.2) is 0 Å². The van der Waals surface area contributed by atoms with Crippen molar-refractivity contribution in [1.82, 2.24) is 0 Å². The monoisotopic (exact) mass is 230 g/mol. The molecular weight excluding hydrogens is 204 g/mol. The Labute approximate surface area is 95.4 Å². The average molecular weight is 230 g/mol. The van der Waals surface area contributed by atoms with Gasteiger partial charge in [-0.05, 0) is 18.4 Å². The van der Waals surface area contributed by atoms with Gasteiger partial charge < -0.3 is 9.47 Å². The van der Waals surface area contributed by atoms with E-state index in [1.54, 1.807) is 0 Å². The lowest BCUT2D eigenvalue weighted by Gasteiger charge is -2.29. The minimum absolute atomic E-state index is 0.400. The van der Waals surface area contributed by atoms with Gasteiger partial charge in [0.05, 0.1) is 12.7 Å². The van der Waals surface area contributed by atoms with Crippen molar-refractivity contribution >= 4 is 8.07 Å². The van der Waals surface area contributed by atoms with Crippen LogP contribution in [0.4, 0.5) is 0 Å². The molecule has 0 saturated carbocycles. The van der Waals surface area contributed by atoms with Gasteiger partial charge in [0, 0.05) is 21.3 Å². The average Bonchev–Trinajstić information content (AvgIpc) is 2.05. The van der Waals surface area contributed by atoms with Crippen molar-refractivity contribution < 1.29 is 9.47 Å². The molecule has 90 valence electrons. The van der Waals surface area contributed by atoms with Crippen molar-refractivity contribution in [2.24, 2.45) is 0 Å². The van der Waals surface area contributed by atoms with Crippen molar-refractivity contribution in [2.75, 3.05) is 19.8 Å². The largest absolute Gasteiger partial charge is 0.379 e. The highest BCUT2D eigenvalue weighted by atomic mass is 28.3. The Morgan fingerprint density at radius 1 is 1.40 bits per heavy atom. The molecule has 0 radical (unpaired) electrons. The molecule has 0 bridgehead atoms. The van der Waals surface area contributed by atoms with E-state index in [2.05, 4.69) is 26.6 Å². The summed E-state index contributed by atoms with van der Waals surface area (Å²) in [5.41, 5.74) is 0.903. The van der Waals surface area contributed by atoms with E-state index in [4.69, 9.17) is 9.47 Å². The maximum Gasteiger partial charge on any atom is 0.0830 e. The van der Waals surface area contributed by atoms with Gasteiger partial charge in [-0.25, -0.2) is 0 Å². The fourth-order valence-corrected chi connectivity index (χ4v) is 4.31. The second kappa shape index (κ2) is 6.02. The second-order valence-electron chi connectivity index (χ2n) is 5.62. The summed E-state index contributed by atoms with van der Waals surface area (Å²) in [5, 5.41) is 0. The molecule has 0 aromatic heterocycles. The third-order valence-electron chi connectivity index (χ3n) is 3.43. The third-order valence-corrected chi connectivity index (χ3v) is 6.57. The Morgan fingerprint density at radius 2 is 2.07 bits per heavy atom. The Morgan fingerprint density at radius 3 is 2.47 bits per heavy atom. The SMILES string of the molecule is CCC(CCOCC1CCO1)[Si](C)(C)C. The molecule has 15 heavy (non-hydrogen) atoms. The normalized spacial score (nSPS) is 23.6. The van der Waals surface area contributed by atoms with E-state index in [1.165, 1.54) is 19.3 Å². The van der Waals surface area contributed by atoms with E-state index < -0.39 is 8.07 Å². The molecule has 1 fully saturated rings. The number of ether oxygens (including phenoxy) is 2. The van der Waals surface area contributed by atoms with E-state index in [-0.39, 0.29) is 0 Å². The number of hydrogen-bond acceptors (Lipinski definition) is 2. The predicted molar refractivity (Wildman–Crippen MR) is 67.2 cm³/mol. The summed E-state index contributed by atoms with van der Waals surface area (Å²) in [6, 6.07) is 0. The molecule has 1 rings (SSSR count). The van der Waals surface area contributed by atoms with Crippen molar-refractivity contribution in [3.05, 3.63) is 0 Å². The van der Waals surface area contributed by atoms with Gasteiger partial charge >= 0.3 is 0 Å².